The Morgan fingerprint density at radius 3 is 2.90 bits per heavy atom. The summed E-state index contributed by atoms with van der Waals surface area (Å²) in [4.78, 5) is 4.18. The third kappa shape index (κ3) is 5.93. The van der Waals surface area contributed by atoms with Crippen LogP contribution in [0.15, 0.2) is 32.3 Å². The van der Waals surface area contributed by atoms with E-state index in [2.05, 4.69) is 41.3 Å². The zero-order valence-corrected chi connectivity index (χ0v) is 17.4. The molecule has 0 aliphatic heterocycles. The van der Waals surface area contributed by atoms with Crippen LogP contribution in [0.1, 0.15) is 25.0 Å². The van der Waals surface area contributed by atoms with Crippen molar-refractivity contribution in [3.8, 4) is 0 Å². The first-order chi connectivity index (χ1) is 13.7. The van der Waals surface area contributed by atoms with E-state index in [4.69, 9.17) is 9.77 Å². The number of nitrogens with zero attached hydrogens (tertiary/aromatic N) is 3. The van der Waals surface area contributed by atoms with Crippen LogP contribution >= 0.6 is 15.9 Å². The van der Waals surface area contributed by atoms with E-state index >= 15 is 0 Å². The van der Waals surface area contributed by atoms with E-state index < -0.39 is 16.0 Å². The minimum atomic E-state index is -3.73. The van der Waals surface area contributed by atoms with E-state index in [1.165, 1.54) is 18.2 Å². The number of benzene rings is 1. The van der Waals surface area contributed by atoms with E-state index in [0.717, 1.165) is 6.42 Å². The minimum absolute atomic E-state index is 0.0487. The fraction of sp³-hybridized carbons (Fsp3) is 0.400. The van der Waals surface area contributed by atoms with Crippen molar-refractivity contribution in [2.75, 3.05) is 11.9 Å². The first-order valence-corrected chi connectivity index (χ1v) is 10.9. The van der Waals surface area contributed by atoms with Gasteiger partial charge >= 0.3 is 0 Å². The lowest BCUT2D eigenvalue weighted by Gasteiger charge is -2.12. The predicted octanol–water partition coefficient (Wildman–Crippen LogP) is 1.40. The summed E-state index contributed by atoms with van der Waals surface area (Å²) in [7, 11) is -3.73. The second-order valence-corrected chi connectivity index (χ2v) is 8.73. The summed E-state index contributed by atoms with van der Waals surface area (Å²) in [6, 6.07) is 3.88. The maximum atomic E-state index is 13.4. The summed E-state index contributed by atoms with van der Waals surface area (Å²) in [5, 5.41) is 25.0. The maximum Gasteiger partial charge on any atom is 0.274 e. The minimum Gasteiger partial charge on any atom is -0.365 e. The van der Waals surface area contributed by atoms with Gasteiger partial charge in [0, 0.05) is 12.6 Å². The van der Waals surface area contributed by atoms with E-state index in [1.54, 1.807) is 0 Å². The monoisotopic (exact) mass is 491 g/mol. The van der Waals surface area contributed by atoms with Gasteiger partial charge in [-0.3, -0.25) is 10.7 Å². The molecule has 0 saturated heterocycles. The van der Waals surface area contributed by atoms with Crippen LogP contribution in [0.3, 0.4) is 0 Å². The Bertz CT molecular complexity index is 1000. The predicted molar refractivity (Wildman–Crippen MR) is 105 cm³/mol. The number of hydrogen-bond donors (Lipinski definition) is 5. The Morgan fingerprint density at radius 1 is 1.41 bits per heavy atom. The fourth-order valence-electron chi connectivity index (χ4n) is 3.12. The van der Waals surface area contributed by atoms with Gasteiger partial charge in [-0.15, -0.1) is 0 Å². The number of nitrogens with one attached hydrogen (secondary N) is 3. The molecule has 1 aliphatic carbocycles. The Balaban J connectivity index is 1.67. The molecule has 29 heavy (non-hydrogen) atoms. The van der Waals surface area contributed by atoms with Gasteiger partial charge in [0.1, 0.15) is 5.82 Å². The topological polar surface area (TPSA) is 168 Å². The smallest absolute Gasteiger partial charge is 0.274 e. The lowest BCUT2D eigenvalue weighted by Crippen LogP contribution is -2.38. The highest BCUT2D eigenvalue weighted by Crippen LogP contribution is 2.27. The van der Waals surface area contributed by atoms with Crippen molar-refractivity contribution in [3.63, 3.8) is 0 Å². The molecule has 1 aromatic carbocycles. The normalized spacial score (nSPS) is 20.1. The molecule has 0 amide bonds. The van der Waals surface area contributed by atoms with Crippen LogP contribution in [0.4, 0.5) is 15.9 Å². The molecule has 11 nitrogen and oxygen atoms in total. The first kappa shape index (κ1) is 21.6. The zero-order chi connectivity index (χ0) is 21.0. The molecular formula is C15H19BrFN7O4S. The van der Waals surface area contributed by atoms with Crippen LogP contribution in [0.25, 0.3) is 0 Å². The Labute approximate surface area is 174 Å². The summed E-state index contributed by atoms with van der Waals surface area (Å²) in [6.45, 7) is 0.477. The number of aliphatic imine (C=N–C) groups is 1. The van der Waals surface area contributed by atoms with Gasteiger partial charge in [0.05, 0.1) is 10.2 Å². The molecule has 2 aromatic rings. The van der Waals surface area contributed by atoms with Gasteiger partial charge in [-0.2, -0.15) is 13.1 Å². The summed E-state index contributed by atoms with van der Waals surface area (Å²) >= 11 is 3.07. The number of hydroxylamine groups is 1. The third-order valence-corrected chi connectivity index (χ3v) is 5.66. The van der Waals surface area contributed by atoms with Crippen molar-refractivity contribution in [1.82, 2.24) is 20.5 Å². The fourth-order valence-corrected chi connectivity index (χ4v) is 4.16. The highest BCUT2D eigenvalue weighted by atomic mass is 79.9. The average Bonchev–Trinajstić information content (AvgIpc) is 3.28. The van der Waals surface area contributed by atoms with E-state index in [0.29, 0.717) is 25.1 Å². The van der Waals surface area contributed by atoms with Crippen molar-refractivity contribution >= 4 is 43.5 Å². The SMILES string of the molecule is NS(=O)(=O)NC1CCC(CNc2nonc2C(=Nc2ccc(F)c(Br)c2)NO)C1. The van der Waals surface area contributed by atoms with Crippen LogP contribution in [0.2, 0.25) is 0 Å². The lowest BCUT2D eigenvalue weighted by molar-refractivity contribution is 0.234. The first-order valence-electron chi connectivity index (χ1n) is 8.56. The van der Waals surface area contributed by atoms with Gasteiger partial charge in [-0.05, 0) is 69.6 Å². The van der Waals surface area contributed by atoms with Crippen molar-refractivity contribution in [3.05, 3.63) is 34.2 Å². The number of halogens is 2. The summed E-state index contributed by atoms with van der Waals surface area (Å²) in [6.07, 6.45) is 2.09. The van der Waals surface area contributed by atoms with Crippen LogP contribution in [-0.2, 0) is 10.2 Å². The number of nitrogens with two attached hydrogens (primary N) is 1. The molecule has 2 unspecified atom stereocenters. The van der Waals surface area contributed by atoms with Crippen LogP contribution in [0, 0.1) is 11.7 Å². The van der Waals surface area contributed by atoms with Crippen molar-refractivity contribution in [2.45, 2.75) is 25.3 Å². The molecule has 1 aliphatic rings. The molecule has 3 rings (SSSR count). The molecule has 0 spiro atoms. The molecule has 158 valence electrons. The molecular weight excluding hydrogens is 473 g/mol. The molecule has 0 bridgehead atoms. The van der Waals surface area contributed by atoms with Crippen molar-refractivity contribution < 1.29 is 22.6 Å². The molecule has 1 fully saturated rings. The Kier molecular flexibility index (Phi) is 6.79. The van der Waals surface area contributed by atoms with E-state index in [1.807, 2.05) is 5.48 Å². The van der Waals surface area contributed by atoms with Gasteiger partial charge in [0.15, 0.2) is 11.5 Å². The third-order valence-electron chi connectivity index (χ3n) is 4.39. The second-order valence-electron chi connectivity index (χ2n) is 6.55. The van der Waals surface area contributed by atoms with Crippen LogP contribution < -0.4 is 20.7 Å². The summed E-state index contributed by atoms with van der Waals surface area (Å²) < 4.78 is 43.0. The molecule has 14 heteroatoms. The maximum absolute atomic E-state index is 13.4. The molecule has 6 N–H and O–H groups in total. The number of aromatic nitrogens is 2. The van der Waals surface area contributed by atoms with Crippen molar-refractivity contribution in [2.24, 2.45) is 16.0 Å². The Hall–Kier alpha value is -2.13. The number of anilines is 1. The van der Waals surface area contributed by atoms with E-state index in [-0.39, 0.29) is 33.8 Å². The number of rotatable bonds is 7. The molecule has 2 atom stereocenters. The quantitative estimate of drug-likeness (QED) is 0.220. The van der Waals surface area contributed by atoms with Crippen LogP contribution in [-0.4, -0.2) is 42.4 Å². The van der Waals surface area contributed by atoms with Gasteiger partial charge in [-0.1, -0.05) is 0 Å². The average molecular weight is 492 g/mol. The van der Waals surface area contributed by atoms with Gasteiger partial charge in [0.25, 0.3) is 10.2 Å². The van der Waals surface area contributed by atoms with Crippen molar-refractivity contribution in [1.29, 1.82) is 0 Å². The van der Waals surface area contributed by atoms with Gasteiger partial charge in [0.2, 0.25) is 5.82 Å². The molecule has 0 radical (unpaired) electrons. The number of amidine groups is 1. The highest BCUT2D eigenvalue weighted by molar-refractivity contribution is 9.10. The lowest BCUT2D eigenvalue weighted by atomic mass is 10.1. The molecule has 1 saturated carbocycles. The van der Waals surface area contributed by atoms with E-state index in [9.17, 15) is 18.0 Å². The second kappa shape index (κ2) is 9.13. The summed E-state index contributed by atoms with van der Waals surface area (Å²) in [5.74, 6) is -0.0733. The Morgan fingerprint density at radius 2 is 2.21 bits per heavy atom. The molecule has 1 aromatic heterocycles. The van der Waals surface area contributed by atoms with Gasteiger partial charge < -0.3 is 5.32 Å². The number of hydrogen-bond acceptors (Lipinski definition) is 8. The van der Waals surface area contributed by atoms with Gasteiger partial charge in [-0.25, -0.2) is 19.2 Å². The standard InChI is InChI=1S/C15H19BrFN7O4S/c16-11-6-9(3-4-12(11)17)20-15(21-25)13-14(23-28-22-13)19-7-8-1-2-10(5-8)24-29(18,26)27/h3-4,6,8,10,24-25H,1-2,5,7H2,(H,19,23)(H,20,21)(H2,18,26,27). The highest BCUT2D eigenvalue weighted by Gasteiger charge is 2.27. The zero-order valence-electron chi connectivity index (χ0n) is 15.0. The summed E-state index contributed by atoms with van der Waals surface area (Å²) in [5.41, 5.74) is 2.42. The van der Waals surface area contributed by atoms with Crippen LogP contribution in [0.5, 0.6) is 0 Å². The molecule has 1 heterocycles. The largest absolute Gasteiger partial charge is 0.365 e.